The first-order chi connectivity index (χ1) is 6.87. The van der Waals surface area contributed by atoms with Crippen LogP contribution < -0.4 is 5.32 Å². The molecular formula is C13H27NO. The van der Waals surface area contributed by atoms with Crippen molar-refractivity contribution in [2.45, 2.75) is 59.1 Å². The predicted molar refractivity (Wildman–Crippen MR) is 65.1 cm³/mol. The summed E-state index contributed by atoms with van der Waals surface area (Å²) >= 11 is 0. The van der Waals surface area contributed by atoms with E-state index in [0.717, 1.165) is 18.4 Å². The summed E-state index contributed by atoms with van der Waals surface area (Å²) in [5, 5.41) is 3.57. The fourth-order valence-corrected chi connectivity index (χ4v) is 1.96. The fraction of sp³-hybridized carbons (Fsp3) is 1.00. The largest absolute Gasteiger partial charge is 0.379 e. The Balaban J connectivity index is 2.01. The van der Waals surface area contributed by atoms with Gasteiger partial charge in [0.05, 0.1) is 6.10 Å². The van der Waals surface area contributed by atoms with Crippen LogP contribution in [0.2, 0.25) is 0 Å². The van der Waals surface area contributed by atoms with E-state index in [-0.39, 0.29) is 5.54 Å². The fourth-order valence-electron chi connectivity index (χ4n) is 1.96. The summed E-state index contributed by atoms with van der Waals surface area (Å²) in [6.45, 7) is 13.0. The van der Waals surface area contributed by atoms with Crippen molar-refractivity contribution in [3.63, 3.8) is 0 Å². The van der Waals surface area contributed by atoms with Gasteiger partial charge in [0.25, 0.3) is 0 Å². The predicted octanol–water partition coefficient (Wildman–Crippen LogP) is 2.83. The highest BCUT2D eigenvalue weighted by molar-refractivity contribution is 4.83. The van der Waals surface area contributed by atoms with Gasteiger partial charge in [-0.1, -0.05) is 0 Å². The smallest absolute Gasteiger partial charge is 0.0519 e. The minimum Gasteiger partial charge on any atom is -0.379 e. The van der Waals surface area contributed by atoms with Crippen LogP contribution in [0, 0.1) is 11.8 Å². The van der Waals surface area contributed by atoms with Crippen molar-refractivity contribution >= 4 is 0 Å². The molecule has 0 aromatic carbocycles. The average Bonchev–Trinajstić information content (AvgIpc) is 1.97. The van der Waals surface area contributed by atoms with Crippen LogP contribution in [0.25, 0.3) is 0 Å². The molecule has 0 amide bonds. The molecule has 0 saturated heterocycles. The van der Waals surface area contributed by atoms with Gasteiger partial charge in [0, 0.05) is 12.1 Å². The zero-order valence-electron chi connectivity index (χ0n) is 11.0. The van der Waals surface area contributed by atoms with Gasteiger partial charge < -0.3 is 10.1 Å². The highest BCUT2D eigenvalue weighted by Gasteiger charge is 2.29. The molecule has 15 heavy (non-hydrogen) atoms. The number of hydrogen-bond donors (Lipinski definition) is 1. The molecule has 1 rings (SSSR count). The zero-order chi connectivity index (χ0) is 11.5. The van der Waals surface area contributed by atoms with Crippen LogP contribution in [0.3, 0.4) is 0 Å². The maximum absolute atomic E-state index is 5.62. The Labute approximate surface area is 94.8 Å². The molecule has 2 nitrogen and oxygen atoms in total. The lowest BCUT2D eigenvalue weighted by Crippen LogP contribution is -2.43. The summed E-state index contributed by atoms with van der Waals surface area (Å²) < 4.78 is 5.62. The van der Waals surface area contributed by atoms with Gasteiger partial charge in [-0.3, -0.25) is 0 Å². The van der Waals surface area contributed by atoms with Gasteiger partial charge in [-0.2, -0.15) is 0 Å². The Hall–Kier alpha value is -0.0800. The molecule has 0 aromatic rings. The minimum absolute atomic E-state index is 0.263. The molecular weight excluding hydrogens is 186 g/mol. The highest BCUT2D eigenvalue weighted by Crippen LogP contribution is 2.33. The number of hydrogen-bond acceptors (Lipinski definition) is 2. The molecule has 2 heteroatoms. The minimum atomic E-state index is 0.263. The molecule has 1 fully saturated rings. The second kappa shape index (κ2) is 5.31. The van der Waals surface area contributed by atoms with E-state index < -0.39 is 0 Å². The molecule has 1 aliphatic rings. The van der Waals surface area contributed by atoms with Crippen molar-refractivity contribution in [1.82, 2.24) is 5.32 Å². The number of rotatable bonds is 5. The monoisotopic (exact) mass is 213 g/mol. The van der Waals surface area contributed by atoms with Crippen molar-refractivity contribution in [2.24, 2.45) is 11.8 Å². The van der Waals surface area contributed by atoms with E-state index in [4.69, 9.17) is 4.74 Å². The van der Waals surface area contributed by atoms with Gasteiger partial charge in [0.2, 0.25) is 0 Å². The SMILES string of the molecule is CC(C)OCC1CC(CNC(C)(C)C)C1. The quantitative estimate of drug-likeness (QED) is 0.758. The Morgan fingerprint density at radius 2 is 1.80 bits per heavy atom. The van der Waals surface area contributed by atoms with Gasteiger partial charge in [0.1, 0.15) is 0 Å². The average molecular weight is 213 g/mol. The first-order valence-corrected chi connectivity index (χ1v) is 6.23. The Kier molecular flexibility index (Phi) is 4.60. The van der Waals surface area contributed by atoms with Crippen LogP contribution in [0.1, 0.15) is 47.5 Å². The normalized spacial score (nSPS) is 26.8. The molecule has 0 aromatic heterocycles. The van der Waals surface area contributed by atoms with Gasteiger partial charge in [0.15, 0.2) is 0 Å². The molecule has 0 aliphatic heterocycles. The van der Waals surface area contributed by atoms with E-state index in [1.165, 1.54) is 19.4 Å². The molecule has 0 atom stereocenters. The zero-order valence-corrected chi connectivity index (χ0v) is 11.0. The van der Waals surface area contributed by atoms with E-state index >= 15 is 0 Å². The molecule has 0 radical (unpaired) electrons. The summed E-state index contributed by atoms with van der Waals surface area (Å²) in [4.78, 5) is 0. The van der Waals surface area contributed by atoms with Crippen LogP contribution in [0.5, 0.6) is 0 Å². The van der Waals surface area contributed by atoms with Gasteiger partial charge >= 0.3 is 0 Å². The van der Waals surface area contributed by atoms with Gasteiger partial charge in [-0.25, -0.2) is 0 Å². The second-order valence-electron chi connectivity index (χ2n) is 6.22. The van der Waals surface area contributed by atoms with Crippen LogP contribution >= 0.6 is 0 Å². The number of ether oxygens (including phenoxy) is 1. The van der Waals surface area contributed by atoms with Crippen molar-refractivity contribution in [1.29, 1.82) is 0 Å². The van der Waals surface area contributed by atoms with E-state index in [0.29, 0.717) is 6.10 Å². The lowest BCUT2D eigenvalue weighted by atomic mass is 9.75. The van der Waals surface area contributed by atoms with Crippen molar-refractivity contribution in [2.75, 3.05) is 13.2 Å². The summed E-state index contributed by atoms with van der Waals surface area (Å²) in [7, 11) is 0. The summed E-state index contributed by atoms with van der Waals surface area (Å²) in [5.41, 5.74) is 0.263. The summed E-state index contributed by atoms with van der Waals surface area (Å²) in [5.74, 6) is 1.70. The summed E-state index contributed by atoms with van der Waals surface area (Å²) in [6, 6.07) is 0. The molecule has 90 valence electrons. The van der Waals surface area contributed by atoms with Crippen molar-refractivity contribution in [3.05, 3.63) is 0 Å². The molecule has 1 N–H and O–H groups in total. The van der Waals surface area contributed by atoms with Gasteiger partial charge in [-0.05, 0) is 65.8 Å². The lowest BCUT2D eigenvalue weighted by Gasteiger charge is -2.37. The first kappa shape index (κ1) is 13.0. The Morgan fingerprint density at radius 3 is 2.27 bits per heavy atom. The van der Waals surface area contributed by atoms with Crippen LogP contribution in [0.15, 0.2) is 0 Å². The van der Waals surface area contributed by atoms with E-state index in [2.05, 4.69) is 39.9 Å². The lowest BCUT2D eigenvalue weighted by molar-refractivity contribution is 0.00980. The molecule has 1 saturated carbocycles. The third-order valence-electron chi connectivity index (χ3n) is 2.92. The van der Waals surface area contributed by atoms with E-state index in [1.54, 1.807) is 0 Å². The van der Waals surface area contributed by atoms with E-state index in [1.807, 2.05) is 0 Å². The molecule has 1 aliphatic carbocycles. The number of nitrogens with one attached hydrogen (secondary N) is 1. The Bertz CT molecular complexity index is 177. The first-order valence-electron chi connectivity index (χ1n) is 6.23. The van der Waals surface area contributed by atoms with Crippen molar-refractivity contribution < 1.29 is 4.74 Å². The molecule has 0 heterocycles. The topological polar surface area (TPSA) is 21.3 Å². The maximum atomic E-state index is 5.62. The van der Waals surface area contributed by atoms with E-state index in [9.17, 15) is 0 Å². The summed E-state index contributed by atoms with van der Waals surface area (Å²) in [6.07, 6.45) is 3.07. The third kappa shape index (κ3) is 5.53. The molecule has 0 spiro atoms. The van der Waals surface area contributed by atoms with Crippen molar-refractivity contribution in [3.8, 4) is 0 Å². The van der Waals surface area contributed by atoms with Crippen LogP contribution in [-0.4, -0.2) is 24.8 Å². The Morgan fingerprint density at radius 1 is 1.20 bits per heavy atom. The highest BCUT2D eigenvalue weighted by atomic mass is 16.5. The maximum Gasteiger partial charge on any atom is 0.0519 e. The van der Waals surface area contributed by atoms with Gasteiger partial charge in [-0.15, -0.1) is 0 Å². The third-order valence-corrected chi connectivity index (χ3v) is 2.92. The van der Waals surface area contributed by atoms with Crippen LogP contribution in [0.4, 0.5) is 0 Å². The standard InChI is InChI=1S/C13H27NO/c1-10(2)15-9-12-6-11(7-12)8-14-13(3,4)5/h10-12,14H,6-9H2,1-5H3. The second-order valence-corrected chi connectivity index (χ2v) is 6.22. The molecule has 0 unspecified atom stereocenters. The van der Waals surface area contributed by atoms with Crippen LogP contribution in [-0.2, 0) is 4.74 Å². The molecule has 0 bridgehead atoms.